The first-order valence-electron chi connectivity index (χ1n) is 7.72. The number of benzene rings is 1. The molecular weight excluding hydrogens is 292 g/mol. The standard InChI is InChI=1S/C17H22N4O2/c1-17(14-10-19-20(2)11-14)12-21(8-9-23-17)16(22)15(18)13-6-4-3-5-7-13/h3-7,10-11,15H,8-9,12,18H2,1-2H3/t15-,17-/m0/s1. The Kier molecular flexibility index (Phi) is 4.19. The zero-order chi connectivity index (χ0) is 16.4. The van der Waals surface area contributed by atoms with E-state index in [2.05, 4.69) is 5.10 Å². The van der Waals surface area contributed by atoms with Gasteiger partial charge in [0.2, 0.25) is 5.91 Å². The molecule has 1 aromatic carbocycles. The number of ether oxygens (including phenoxy) is 1. The molecule has 0 spiro atoms. The molecule has 3 rings (SSSR count). The molecule has 1 aromatic heterocycles. The number of hydrogen-bond acceptors (Lipinski definition) is 4. The normalized spacial score (nSPS) is 22.8. The molecule has 2 N–H and O–H groups in total. The molecule has 0 bridgehead atoms. The van der Waals surface area contributed by atoms with Crippen molar-refractivity contribution in [1.82, 2.24) is 14.7 Å². The summed E-state index contributed by atoms with van der Waals surface area (Å²) in [4.78, 5) is 14.5. The lowest BCUT2D eigenvalue weighted by atomic mass is 9.96. The smallest absolute Gasteiger partial charge is 0.244 e. The van der Waals surface area contributed by atoms with Crippen LogP contribution >= 0.6 is 0 Å². The molecule has 0 aliphatic carbocycles. The first-order chi connectivity index (χ1) is 11.0. The van der Waals surface area contributed by atoms with E-state index in [1.807, 2.05) is 50.5 Å². The summed E-state index contributed by atoms with van der Waals surface area (Å²) in [6.07, 6.45) is 3.70. The van der Waals surface area contributed by atoms with Crippen molar-refractivity contribution in [3.63, 3.8) is 0 Å². The zero-order valence-electron chi connectivity index (χ0n) is 13.5. The lowest BCUT2D eigenvalue weighted by molar-refractivity contribution is -0.151. The Balaban J connectivity index is 1.77. The number of rotatable bonds is 3. The second-order valence-electron chi connectivity index (χ2n) is 6.13. The highest BCUT2D eigenvalue weighted by atomic mass is 16.5. The Hall–Kier alpha value is -2.18. The Morgan fingerprint density at radius 3 is 2.78 bits per heavy atom. The van der Waals surface area contributed by atoms with Crippen LogP contribution in [0, 0.1) is 0 Å². The van der Waals surface area contributed by atoms with Gasteiger partial charge in [0.15, 0.2) is 0 Å². The maximum Gasteiger partial charge on any atom is 0.244 e. The van der Waals surface area contributed by atoms with Crippen LogP contribution in [0.25, 0.3) is 0 Å². The molecule has 23 heavy (non-hydrogen) atoms. The minimum atomic E-state index is -0.646. The van der Waals surface area contributed by atoms with E-state index in [9.17, 15) is 4.79 Å². The number of carbonyl (C=O) groups is 1. The van der Waals surface area contributed by atoms with Crippen LogP contribution in [0.4, 0.5) is 0 Å². The van der Waals surface area contributed by atoms with Crippen molar-refractivity contribution in [2.24, 2.45) is 12.8 Å². The molecule has 122 valence electrons. The molecule has 1 fully saturated rings. The zero-order valence-corrected chi connectivity index (χ0v) is 13.5. The van der Waals surface area contributed by atoms with Gasteiger partial charge in [-0.1, -0.05) is 30.3 Å². The van der Waals surface area contributed by atoms with Crippen LogP contribution in [0.5, 0.6) is 0 Å². The first kappa shape index (κ1) is 15.7. The number of hydrogen-bond donors (Lipinski definition) is 1. The summed E-state index contributed by atoms with van der Waals surface area (Å²) in [5.74, 6) is -0.0744. The molecule has 0 saturated carbocycles. The lowest BCUT2D eigenvalue weighted by Crippen LogP contribution is -2.52. The van der Waals surface area contributed by atoms with Crippen molar-refractivity contribution in [1.29, 1.82) is 0 Å². The van der Waals surface area contributed by atoms with Crippen LogP contribution in [0.1, 0.15) is 24.1 Å². The van der Waals surface area contributed by atoms with Crippen molar-refractivity contribution in [3.05, 3.63) is 53.9 Å². The van der Waals surface area contributed by atoms with Crippen LogP contribution in [0.2, 0.25) is 0 Å². The summed E-state index contributed by atoms with van der Waals surface area (Å²) in [7, 11) is 1.87. The predicted molar refractivity (Wildman–Crippen MR) is 86.5 cm³/mol. The molecular formula is C17H22N4O2. The Morgan fingerprint density at radius 2 is 2.13 bits per heavy atom. The summed E-state index contributed by atoms with van der Waals surface area (Å²) < 4.78 is 7.68. The van der Waals surface area contributed by atoms with Crippen LogP contribution in [0.15, 0.2) is 42.7 Å². The van der Waals surface area contributed by atoms with Gasteiger partial charge >= 0.3 is 0 Å². The molecule has 2 heterocycles. The number of amides is 1. The maximum absolute atomic E-state index is 12.7. The van der Waals surface area contributed by atoms with Gasteiger partial charge in [-0.2, -0.15) is 5.10 Å². The third-order valence-corrected chi connectivity index (χ3v) is 4.33. The van der Waals surface area contributed by atoms with Crippen LogP contribution in [0.3, 0.4) is 0 Å². The Morgan fingerprint density at radius 1 is 1.39 bits per heavy atom. The van der Waals surface area contributed by atoms with Crippen LogP contribution in [-0.4, -0.2) is 40.3 Å². The number of nitrogens with zero attached hydrogens (tertiary/aromatic N) is 3. The molecule has 2 aromatic rings. The maximum atomic E-state index is 12.7. The van der Waals surface area contributed by atoms with E-state index in [1.54, 1.807) is 15.8 Å². The van der Waals surface area contributed by atoms with Crippen molar-refractivity contribution in [2.75, 3.05) is 19.7 Å². The number of carbonyl (C=O) groups excluding carboxylic acids is 1. The fourth-order valence-corrected chi connectivity index (χ4v) is 2.93. The van der Waals surface area contributed by atoms with E-state index in [4.69, 9.17) is 10.5 Å². The van der Waals surface area contributed by atoms with Gasteiger partial charge in [-0.05, 0) is 12.5 Å². The summed E-state index contributed by atoms with van der Waals surface area (Å²) in [6.45, 7) is 3.49. The summed E-state index contributed by atoms with van der Waals surface area (Å²) in [6, 6.07) is 8.80. The highest BCUT2D eigenvalue weighted by Crippen LogP contribution is 2.30. The average molecular weight is 314 g/mol. The first-order valence-corrected chi connectivity index (χ1v) is 7.72. The summed E-state index contributed by atoms with van der Waals surface area (Å²) in [5.41, 5.74) is 7.38. The van der Waals surface area contributed by atoms with Gasteiger partial charge in [-0.25, -0.2) is 0 Å². The van der Waals surface area contributed by atoms with Gasteiger partial charge in [-0.15, -0.1) is 0 Å². The van der Waals surface area contributed by atoms with E-state index in [0.29, 0.717) is 19.7 Å². The van der Waals surface area contributed by atoms with E-state index < -0.39 is 11.6 Å². The van der Waals surface area contributed by atoms with Gasteiger partial charge in [0.1, 0.15) is 11.6 Å². The van der Waals surface area contributed by atoms with E-state index in [0.717, 1.165) is 11.1 Å². The van der Waals surface area contributed by atoms with Gasteiger partial charge in [-0.3, -0.25) is 9.48 Å². The Labute approximate surface area is 135 Å². The van der Waals surface area contributed by atoms with Crippen LogP contribution in [-0.2, 0) is 22.2 Å². The highest BCUT2D eigenvalue weighted by Gasteiger charge is 2.38. The fraction of sp³-hybridized carbons (Fsp3) is 0.412. The van der Waals surface area contributed by atoms with E-state index in [1.165, 1.54) is 0 Å². The third-order valence-electron chi connectivity index (χ3n) is 4.33. The predicted octanol–water partition coefficient (Wildman–Crippen LogP) is 1.19. The largest absolute Gasteiger partial charge is 0.367 e. The highest BCUT2D eigenvalue weighted by molar-refractivity contribution is 5.83. The molecule has 1 aliphatic rings. The van der Waals surface area contributed by atoms with Crippen molar-refractivity contribution in [3.8, 4) is 0 Å². The molecule has 1 saturated heterocycles. The molecule has 1 aliphatic heterocycles. The van der Waals surface area contributed by atoms with E-state index in [-0.39, 0.29) is 5.91 Å². The van der Waals surface area contributed by atoms with Crippen molar-refractivity contribution in [2.45, 2.75) is 18.6 Å². The van der Waals surface area contributed by atoms with Crippen molar-refractivity contribution >= 4 is 5.91 Å². The van der Waals surface area contributed by atoms with Gasteiger partial charge < -0.3 is 15.4 Å². The van der Waals surface area contributed by atoms with Crippen LogP contribution < -0.4 is 5.73 Å². The number of aromatic nitrogens is 2. The van der Waals surface area contributed by atoms with Crippen molar-refractivity contribution < 1.29 is 9.53 Å². The van der Waals surface area contributed by atoms with E-state index >= 15 is 0 Å². The Bertz CT molecular complexity index is 685. The topological polar surface area (TPSA) is 73.4 Å². The number of morpholine rings is 1. The third kappa shape index (κ3) is 3.13. The number of aryl methyl sites for hydroxylation is 1. The molecule has 1 amide bonds. The number of nitrogens with two attached hydrogens (primary N) is 1. The molecule has 6 nitrogen and oxygen atoms in total. The quantitative estimate of drug-likeness (QED) is 0.924. The molecule has 0 radical (unpaired) electrons. The average Bonchev–Trinajstić information content (AvgIpc) is 3.02. The second-order valence-corrected chi connectivity index (χ2v) is 6.13. The second kappa shape index (κ2) is 6.14. The molecule has 0 unspecified atom stereocenters. The minimum Gasteiger partial charge on any atom is -0.367 e. The summed E-state index contributed by atoms with van der Waals surface area (Å²) >= 11 is 0. The fourth-order valence-electron chi connectivity index (χ4n) is 2.93. The minimum absolute atomic E-state index is 0.0744. The van der Waals surface area contributed by atoms with Gasteiger partial charge in [0.05, 0.1) is 19.3 Å². The lowest BCUT2D eigenvalue weighted by Gasteiger charge is -2.40. The van der Waals surface area contributed by atoms with Gasteiger partial charge in [0.25, 0.3) is 0 Å². The molecule has 6 heteroatoms. The van der Waals surface area contributed by atoms with Gasteiger partial charge in [0, 0.05) is 25.4 Å². The SMILES string of the molecule is Cn1cc([C@]2(C)CN(C(=O)[C@@H](N)c3ccccc3)CCO2)cn1. The monoisotopic (exact) mass is 314 g/mol. The summed E-state index contributed by atoms with van der Waals surface area (Å²) in [5, 5.41) is 4.20. The molecule has 2 atom stereocenters.